The predicted molar refractivity (Wildman–Crippen MR) is 55.0 cm³/mol. The highest BCUT2D eigenvalue weighted by molar-refractivity contribution is 7.09. The van der Waals surface area contributed by atoms with Crippen LogP contribution < -0.4 is 5.32 Å². The molecular weight excluding hydrogens is 184 g/mol. The first-order chi connectivity index (χ1) is 6.24. The topological polar surface area (TPSA) is 34.1 Å². The van der Waals surface area contributed by atoms with Crippen molar-refractivity contribution in [3.05, 3.63) is 16.6 Å². The molecule has 1 heterocycles. The summed E-state index contributed by atoms with van der Waals surface area (Å²) >= 11 is 1.66. The van der Waals surface area contributed by atoms with Crippen molar-refractivity contribution in [3.63, 3.8) is 0 Å². The highest BCUT2D eigenvalue weighted by Crippen LogP contribution is 2.16. The molecule has 0 radical (unpaired) electrons. The van der Waals surface area contributed by atoms with Crippen LogP contribution in [0.25, 0.3) is 0 Å². The summed E-state index contributed by atoms with van der Waals surface area (Å²) < 4.78 is 5.13. The van der Waals surface area contributed by atoms with Gasteiger partial charge < -0.3 is 10.1 Å². The first-order valence-electron chi connectivity index (χ1n) is 4.38. The summed E-state index contributed by atoms with van der Waals surface area (Å²) in [6, 6.07) is 0.675. The van der Waals surface area contributed by atoms with Gasteiger partial charge in [-0.05, 0) is 0 Å². The minimum absolute atomic E-state index is 0.227. The quantitative estimate of drug-likeness (QED) is 0.787. The van der Waals surface area contributed by atoms with E-state index in [1.807, 2.05) is 11.6 Å². The van der Waals surface area contributed by atoms with Gasteiger partial charge in [-0.3, -0.25) is 0 Å². The van der Waals surface area contributed by atoms with Crippen LogP contribution in [0.1, 0.15) is 24.9 Å². The minimum atomic E-state index is 0.227. The summed E-state index contributed by atoms with van der Waals surface area (Å²) in [7, 11) is 1.71. The van der Waals surface area contributed by atoms with Crippen molar-refractivity contribution in [1.29, 1.82) is 0 Å². The van der Waals surface area contributed by atoms with E-state index in [-0.39, 0.29) is 6.04 Å². The molecule has 1 atom stereocenters. The minimum Gasteiger partial charge on any atom is -0.383 e. The zero-order valence-electron chi connectivity index (χ0n) is 8.28. The second-order valence-corrected chi connectivity index (χ2v) is 4.13. The molecule has 0 aliphatic carbocycles. The Bertz CT molecular complexity index is 224. The third-order valence-corrected chi connectivity index (χ3v) is 2.51. The number of thiazole rings is 1. The maximum Gasteiger partial charge on any atom is 0.112 e. The summed E-state index contributed by atoms with van der Waals surface area (Å²) in [6.07, 6.45) is 1.82. The van der Waals surface area contributed by atoms with Crippen molar-refractivity contribution >= 4 is 11.3 Å². The summed E-state index contributed by atoms with van der Waals surface area (Å²) in [5, 5.41) is 6.49. The summed E-state index contributed by atoms with van der Waals surface area (Å²) in [5.74, 6) is 0. The lowest BCUT2D eigenvalue weighted by atomic mass is 10.3. The Labute approximate surface area is 83.1 Å². The first-order valence-corrected chi connectivity index (χ1v) is 5.26. The Morgan fingerprint density at radius 2 is 2.38 bits per heavy atom. The maximum absolute atomic E-state index is 5.13. The van der Waals surface area contributed by atoms with Gasteiger partial charge in [-0.1, -0.05) is 13.8 Å². The van der Waals surface area contributed by atoms with Crippen molar-refractivity contribution in [2.75, 3.05) is 13.7 Å². The number of nitrogens with zero attached hydrogens (tertiary/aromatic N) is 1. The van der Waals surface area contributed by atoms with Crippen molar-refractivity contribution in [2.45, 2.75) is 25.9 Å². The molecule has 1 N–H and O–H groups in total. The summed E-state index contributed by atoms with van der Waals surface area (Å²) in [5.41, 5.74) is 0. The third kappa shape index (κ3) is 3.42. The molecule has 0 bridgehead atoms. The van der Waals surface area contributed by atoms with Crippen LogP contribution in [0, 0.1) is 0 Å². The summed E-state index contributed by atoms with van der Waals surface area (Å²) in [4.78, 5) is 4.26. The molecule has 1 aromatic heterocycles. The maximum atomic E-state index is 5.13. The van der Waals surface area contributed by atoms with Gasteiger partial charge in [-0.2, -0.15) is 0 Å². The van der Waals surface area contributed by atoms with Crippen molar-refractivity contribution < 1.29 is 4.74 Å². The van der Waals surface area contributed by atoms with Crippen LogP contribution in [0.4, 0.5) is 0 Å². The lowest BCUT2D eigenvalue weighted by molar-refractivity contribution is 0.163. The van der Waals surface area contributed by atoms with E-state index in [1.165, 1.54) is 0 Å². The molecule has 74 valence electrons. The molecule has 3 nitrogen and oxygen atoms in total. The lowest BCUT2D eigenvalue weighted by Gasteiger charge is -2.17. The van der Waals surface area contributed by atoms with Crippen molar-refractivity contribution in [3.8, 4) is 0 Å². The van der Waals surface area contributed by atoms with E-state index in [9.17, 15) is 0 Å². The van der Waals surface area contributed by atoms with Crippen LogP contribution >= 0.6 is 11.3 Å². The van der Waals surface area contributed by atoms with E-state index >= 15 is 0 Å². The number of rotatable bonds is 5. The molecule has 0 amide bonds. The van der Waals surface area contributed by atoms with Crippen LogP contribution in [0.2, 0.25) is 0 Å². The molecule has 4 heteroatoms. The average Bonchev–Trinajstić information content (AvgIpc) is 2.54. The van der Waals surface area contributed by atoms with Gasteiger partial charge >= 0.3 is 0 Å². The van der Waals surface area contributed by atoms with Gasteiger partial charge in [0.05, 0.1) is 12.6 Å². The smallest absolute Gasteiger partial charge is 0.112 e. The van der Waals surface area contributed by atoms with E-state index in [2.05, 4.69) is 24.1 Å². The number of hydrogen-bond donors (Lipinski definition) is 1. The molecule has 0 fully saturated rings. The monoisotopic (exact) mass is 200 g/mol. The van der Waals surface area contributed by atoms with Crippen LogP contribution in [0.15, 0.2) is 11.6 Å². The Morgan fingerprint density at radius 1 is 1.62 bits per heavy atom. The normalized spacial score (nSPS) is 13.5. The van der Waals surface area contributed by atoms with Gasteiger partial charge in [0.25, 0.3) is 0 Å². The van der Waals surface area contributed by atoms with Crippen molar-refractivity contribution in [2.24, 2.45) is 0 Å². The van der Waals surface area contributed by atoms with E-state index in [4.69, 9.17) is 4.74 Å². The van der Waals surface area contributed by atoms with E-state index in [0.717, 1.165) is 5.01 Å². The average molecular weight is 200 g/mol. The number of methoxy groups -OCH3 is 1. The fraction of sp³-hybridized carbons (Fsp3) is 0.667. The second kappa shape index (κ2) is 5.32. The molecule has 0 saturated heterocycles. The fourth-order valence-electron chi connectivity index (χ4n) is 1.17. The van der Waals surface area contributed by atoms with Crippen LogP contribution in [-0.4, -0.2) is 24.7 Å². The van der Waals surface area contributed by atoms with E-state index in [0.29, 0.717) is 12.6 Å². The van der Waals surface area contributed by atoms with Crippen molar-refractivity contribution in [1.82, 2.24) is 10.3 Å². The molecule has 0 aromatic carbocycles. The van der Waals surface area contributed by atoms with E-state index in [1.54, 1.807) is 18.4 Å². The third-order valence-electron chi connectivity index (χ3n) is 1.62. The number of ether oxygens (including phenoxy) is 1. The van der Waals surface area contributed by atoms with Crippen LogP contribution in [0.5, 0.6) is 0 Å². The number of nitrogens with one attached hydrogen (secondary N) is 1. The molecule has 0 spiro atoms. The molecular formula is C9H16N2OS. The van der Waals surface area contributed by atoms with Gasteiger partial charge in [0.1, 0.15) is 5.01 Å². The molecule has 1 rings (SSSR count). The molecule has 0 saturated carbocycles. The lowest BCUT2D eigenvalue weighted by Crippen LogP contribution is -2.30. The van der Waals surface area contributed by atoms with Gasteiger partial charge in [0, 0.05) is 24.7 Å². The van der Waals surface area contributed by atoms with Gasteiger partial charge in [-0.25, -0.2) is 4.98 Å². The molecule has 1 unspecified atom stereocenters. The molecule has 0 aliphatic rings. The number of hydrogen-bond acceptors (Lipinski definition) is 4. The first kappa shape index (κ1) is 10.6. The van der Waals surface area contributed by atoms with Gasteiger partial charge in [-0.15, -0.1) is 11.3 Å². The molecule has 0 aliphatic heterocycles. The fourth-order valence-corrected chi connectivity index (χ4v) is 1.85. The standard InChI is InChI=1S/C9H16N2OS/c1-7(2)11-8(6-12-3)9-10-4-5-13-9/h4-5,7-8,11H,6H2,1-3H3. The number of aromatic nitrogens is 1. The predicted octanol–water partition coefficient (Wildman–Crippen LogP) is 1.83. The second-order valence-electron chi connectivity index (χ2n) is 3.20. The van der Waals surface area contributed by atoms with Gasteiger partial charge in [0.15, 0.2) is 0 Å². The SMILES string of the molecule is COCC(NC(C)C)c1nccs1. The van der Waals surface area contributed by atoms with Crippen LogP contribution in [0.3, 0.4) is 0 Å². The molecule has 13 heavy (non-hydrogen) atoms. The Balaban J connectivity index is 2.57. The largest absolute Gasteiger partial charge is 0.383 e. The Morgan fingerprint density at radius 3 is 2.85 bits per heavy atom. The van der Waals surface area contributed by atoms with Gasteiger partial charge in [0.2, 0.25) is 0 Å². The van der Waals surface area contributed by atoms with Crippen LogP contribution in [-0.2, 0) is 4.74 Å². The summed E-state index contributed by atoms with van der Waals surface area (Å²) in [6.45, 7) is 4.91. The van der Waals surface area contributed by atoms with E-state index < -0.39 is 0 Å². The Hall–Kier alpha value is -0.450. The highest BCUT2D eigenvalue weighted by Gasteiger charge is 2.14. The zero-order valence-corrected chi connectivity index (χ0v) is 9.10. The highest BCUT2D eigenvalue weighted by atomic mass is 32.1. The molecule has 1 aromatic rings. The Kier molecular flexibility index (Phi) is 4.35. The zero-order chi connectivity index (χ0) is 9.68.